The highest BCUT2D eigenvalue weighted by Gasteiger charge is 2.31. The van der Waals surface area contributed by atoms with Gasteiger partial charge in [-0.2, -0.15) is 0 Å². The number of rotatable bonds is 4. The molecule has 0 bridgehead atoms. The van der Waals surface area contributed by atoms with Gasteiger partial charge in [0.25, 0.3) is 0 Å². The van der Waals surface area contributed by atoms with E-state index in [9.17, 15) is 19.8 Å². The fourth-order valence-electron chi connectivity index (χ4n) is 2.25. The second-order valence-electron chi connectivity index (χ2n) is 5.61. The lowest BCUT2D eigenvalue weighted by atomic mass is 9.94. The van der Waals surface area contributed by atoms with Crippen LogP contribution in [-0.4, -0.2) is 61.8 Å². The number of nitrogens with zero attached hydrogens (tertiary/aromatic N) is 2. The number of piperidine rings is 1. The number of hydrogen-bond donors (Lipinski definition) is 4. The second kappa shape index (κ2) is 6.13. The zero-order valence-electron chi connectivity index (χ0n) is 11.9. The summed E-state index contributed by atoms with van der Waals surface area (Å²) in [6.45, 7) is 2.56. The van der Waals surface area contributed by atoms with Gasteiger partial charge < -0.3 is 25.4 Å². The molecule has 0 saturated carbocycles. The first kappa shape index (κ1) is 15.3. The largest absolute Gasteiger partial charge is 0.480 e. The van der Waals surface area contributed by atoms with E-state index in [2.05, 4.69) is 15.3 Å². The van der Waals surface area contributed by atoms with Gasteiger partial charge in [0.1, 0.15) is 6.04 Å². The van der Waals surface area contributed by atoms with Gasteiger partial charge in [-0.3, -0.25) is 0 Å². The number of urea groups is 1. The summed E-state index contributed by atoms with van der Waals surface area (Å²) >= 11 is 0. The van der Waals surface area contributed by atoms with Crippen LogP contribution < -0.4 is 5.32 Å². The number of aromatic nitrogens is 2. The molecular formula is C13H20N4O4. The molecule has 8 heteroatoms. The average Bonchev–Trinajstić information content (AvgIpc) is 2.90. The van der Waals surface area contributed by atoms with Crippen molar-refractivity contribution in [2.24, 2.45) is 0 Å². The fraction of sp³-hybridized carbons (Fsp3) is 0.615. The molecule has 1 aliphatic heterocycles. The Bertz CT molecular complexity index is 490. The van der Waals surface area contributed by atoms with E-state index in [0.29, 0.717) is 31.6 Å². The van der Waals surface area contributed by atoms with Crippen LogP contribution in [-0.2, 0) is 11.2 Å². The fourth-order valence-corrected chi connectivity index (χ4v) is 2.25. The van der Waals surface area contributed by atoms with Gasteiger partial charge in [0.05, 0.1) is 11.9 Å². The molecule has 2 heterocycles. The number of carboxylic acids is 1. The molecular weight excluding hydrogens is 276 g/mol. The van der Waals surface area contributed by atoms with E-state index in [0.717, 1.165) is 0 Å². The van der Waals surface area contributed by atoms with Crippen molar-refractivity contribution in [1.29, 1.82) is 0 Å². The Morgan fingerprint density at radius 1 is 1.52 bits per heavy atom. The molecule has 0 unspecified atom stereocenters. The molecule has 1 fully saturated rings. The topological polar surface area (TPSA) is 119 Å². The molecule has 1 saturated heterocycles. The number of aliphatic carboxylic acids is 1. The Hall–Kier alpha value is -2.09. The van der Waals surface area contributed by atoms with Crippen molar-refractivity contribution in [3.8, 4) is 0 Å². The van der Waals surface area contributed by atoms with Crippen LogP contribution in [0, 0.1) is 0 Å². The standard InChI is InChI=1S/C13H20N4O4/c1-13(21)2-4-17(5-3-13)12(20)16-10(11(18)19)6-9-7-14-8-15-9/h7-8,10,21H,2-6H2,1H3,(H,14,15)(H,16,20)(H,18,19)/t10-/m0/s1. The highest BCUT2D eigenvalue weighted by molar-refractivity contribution is 5.82. The van der Waals surface area contributed by atoms with Gasteiger partial charge in [-0.25, -0.2) is 14.6 Å². The Morgan fingerprint density at radius 3 is 2.71 bits per heavy atom. The molecule has 1 aromatic rings. The molecule has 4 N–H and O–H groups in total. The Kier molecular flexibility index (Phi) is 4.46. The summed E-state index contributed by atoms with van der Waals surface area (Å²) in [4.78, 5) is 31.5. The van der Waals surface area contributed by atoms with Gasteiger partial charge in [0, 0.05) is 31.4 Å². The molecule has 116 valence electrons. The summed E-state index contributed by atoms with van der Waals surface area (Å²) in [6, 6.07) is -1.43. The van der Waals surface area contributed by atoms with Gasteiger partial charge in [-0.05, 0) is 19.8 Å². The van der Waals surface area contributed by atoms with Crippen LogP contribution >= 0.6 is 0 Å². The molecule has 21 heavy (non-hydrogen) atoms. The van der Waals surface area contributed by atoms with Gasteiger partial charge in [-0.15, -0.1) is 0 Å². The highest BCUT2D eigenvalue weighted by Crippen LogP contribution is 2.21. The number of nitrogens with one attached hydrogen (secondary N) is 2. The van der Waals surface area contributed by atoms with Gasteiger partial charge in [-0.1, -0.05) is 0 Å². The maximum absolute atomic E-state index is 12.1. The van der Waals surface area contributed by atoms with Crippen molar-refractivity contribution in [3.05, 3.63) is 18.2 Å². The summed E-state index contributed by atoms with van der Waals surface area (Å²) in [5.41, 5.74) is -0.108. The number of hydrogen-bond acceptors (Lipinski definition) is 4. The van der Waals surface area contributed by atoms with E-state index in [4.69, 9.17) is 0 Å². The first-order chi connectivity index (χ1) is 9.87. The maximum Gasteiger partial charge on any atom is 0.326 e. The van der Waals surface area contributed by atoms with Crippen molar-refractivity contribution in [3.63, 3.8) is 0 Å². The van der Waals surface area contributed by atoms with Crippen LogP contribution in [0.1, 0.15) is 25.5 Å². The van der Waals surface area contributed by atoms with Crippen LogP contribution in [0.4, 0.5) is 4.79 Å². The molecule has 1 aromatic heterocycles. The molecule has 2 rings (SSSR count). The van der Waals surface area contributed by atoms with Crippen LogP contribution in [0.3, 0.4) is 0 Å². The summed E-state index contributed by atoms with van der Waals surface area (Å²) in [5, 5.41) is 21.6. The Balaban J connectivity index is 1.91. The number of likely N-dealkylation sites (tertiary alicyclic amines) is 1. The molecule has 0 spiro atoms. The predicted molar refractivity (Wildman–Crippen MR) is 73.7 cm³/mol. The van der Waals surface area contributed by atoms with Gasteiger partial charge in [0.2, 0.25) is 0 Å². The minimum Gasteiger partial charge on any atom is -0.480 e. The normalized spacial score (nSPS) is 19.0. The molecule has 0 aliphatic carbocycles. The molecule has 0 radical (unpaired) electrons. The van der Waals surface area contributed by atoms with E-state index in [1.807, 2.05) is 0 Å². The minimum absolute atomic E-state index is 0.145. The summed E-state index contributed by atoms with van der Waals surface area (Å²) < 4.78 is 0. The van der Waals surface area contributed by atoms with Gasteiger partial charge in [0.15, 0.2) is 0 Å². The number of imidazole rings is 1. The minimum atomic E-state index is -1.10. The third-order valence-corrected chi connectivity index (χ3v) is 3.70. The lowest BCUT2D eigenvalue weighted by molar-refractivity contribution is -0.139. The van der Waals surface area contributed by atoms with Crippen LogP contribution in [0.2, 0.25) is 0 Å². The number of aliphatic hydroxyl groups is 1. The van der Waals surface area contributed by atoms with Gasteiger partial charge >= 0.3 is 12.0 Å². The summed E-state index contributed by atoms with van der Waals surface area (Å²) in [5.74, 6) is -1.10. The van der Waals surface area contributed by atoms with E-state index >= 15 is 0 Å². The summed E-state index contributed by atoms with van der Waals surface area (Å²) in [6.07, 6.45) is 4.10. The Labute approximate surface area is 122 Å². The van der Waals surface area contributed by atoms with Crippen LogP contribution in [0.15, 0.2) is 12.5 Å². The first-order valence-corrected chi connectivity index (χ1v) is 6.85. The number of amides is 2. The molecule has 1 aliphatic rings. The number of carbonyl (C=O) groups excluding carboxylic acids is 1. The quantitative estimate of drug-likeness (QED) is 0.622. The van der Waals surface area contributed by atoms with Crippen molar-refractivity contribution in [2.45, 2.75) is 37.8 Å². The second-order valence-corrected chi connectivity index (χ2v) is 5.61. The number of carboxylic acid groups (broad SMARTS) is 1. The zero-order chi connectivity index (χ0) is 15.5. The van der Waals surface area contributed by atoms with Crippen molar-refractivity contribution in [2.75, 3.05) is 13.1 Å². The third kappa shape index (κ3) is 4.19. The maximum atomic E-state index is 12.1. The highest BCUT2D eigenvalue weighted by atomic mass is 16.4. The number of aromatic amines is 1. The van der Waals surface area contributed by atoms with E-state index < -0.39 is 23.6 Å². The molecule has 8 nitrogen and oxygen atoms in total. The van der Waals surface area contributed by atoms with Crippen molar-refractivity contribution >= 4 is 12.0 Å². The first-order valence-electron chi connectivity index (χ1n) is 6.85. The Morgan fingerprint density at radius 2 is 2.19 bits per heavy atom. The SMILES string of the molecule is CC1(O)CCN(C(=O)N[C@@H](Cc2cnc[nH]2)C(=O)O)CC1. The lowest BCUT2D eigenvalue weighted by Crippen LogP contribution is -2.53. The average molecular weight is 296 g/mol. The van der Waals surface area contributed by atoms with E-state index in [1.165, 1.54) is 17.4 Å². The molecule has 2 amide bonds. The van der Waals surface area contributed by atoms with Crippen LogP contribution in [0.25, 0.3) is 0 Å². The molecule has 1 atom stereocenters. The lowest BCUT2D eigenvalue weighted by Gasteiger charge is -2.36. The zero-order valence-corrected chi connectivity index (χ0v) is 11.9. The van der Waals surface area contributed by atoms with Crippen molar-refractivity contribution < 1.29 is 19.8 Å². The smallest absolute Gasteiger partial charge is 0.326 e. The van der Waals surface area contributed by atoms with Crippen LogP contribution in [0.5, 0.6) is 0 Å². The third-order valence-electron chi connectivity index (χ3n) is 3.70. The predicted octanol–water partition coefficient (Wildman–Crippen LogP) is -0.0382. The number of carbonyl (C=O) groups is 2. The molecule has 0 aromatic carbocycles. The monoisotopic (exact) mass is 296 g/mol. The summed E-state index contributed by atoms with van der Waals surface area (Å²) in [7, 11) is 0. The van der Waals surface area contributed by atoms with E-state index in [1.54, 1.807) is 6.92 Å². The van der Waals surface area contributed by atoms with E-state index in [-0.39, 0.29) is 6.42 Å². The van der Waals surface area contributed by atoms with Crippen molar-refractivity contribution in [1.82, 2.24) is 20.2 Å². The number of H-pyrrole nitrogens is 1.